The minimum atomic E-state index is -0.149. The van der Waals surface area contributed by atoms with Crippen LogP contribution in [-0.2, 0) is 0 Å². The van der Waals surface area contributed by atoms with E-state index in [4.69, 9.17) is 0 Å². The standard InChI is InChI=1S/C14H28N2O/c1-5-6-11-7-9-12(10-8-11)15-13(17)16-14(2,3)4/h11-12H,5-10H2,1-4H3,(H2,15,16,17). The maximum absolute atomic E-state index is 11.7. The Bertz CT molecular complexity index is 237. The molecule has 2 N–H and O–H groups in total. The van der Waals surface area contributed by atoms with Gasteiger partial charge < -0.3 is 10.6 Å². The van der Waals surface area contributed by atoms with Crippen LogP contribution < -0.4 is 10.6 Å². The van der Waals surface area contributed by atoms with Gasteiger partial charge in [-0.25, -0.2) is 4.79 Å². The van der Waals surface area contributed by atoms with Gasteiger partial charge in [0, 0.05) is 11.6 Å². The number of rotatable bonds is 3. The fourth-order valence-corrected chi connectivity index (χ4v) is 2.57. The summed E-state index contributed by atoms with van der Waals surface area (Å²) in [6.07, 6.45) is 7.46. The number of amides is 2. The molecule has 3 heteroatoms. The van der Waals surface area contributed by atoms with E-state index in [0.29, 0.717) is 6.04 Å². The number of hydrogen-bond donors (Lipinski definition) is 2. The first kappa shape index (κ1) is 14.3. The van der Waals surface area contributed by atoms with Crippen molar-refractivity contribution in [2.24, 2.45) is 5.92 Å². The summed E-state index contributed by atoms with van der Waals surface area (Å²) < 4.78 is 0. The highest BCUT2D eigenvalue weighted by molar-refractivity contribution is 5.74. The Hall–Kier alpha value is -0.730. The Labute approximate surface area is 106 Å². The van der Waals surface area contributed by atoms with Crippen molar-refractivity contribution in [3.05, 3.63) is 0 Å². The van der Waals surface area contributed by atoms with Crippen LogP contribution in [0.4, 0.5) is 4.79 Å². The molecular weight excluding hydrogens is 212 g/mol. The van der Waals surface area contributed by atoms with Crippen LogP contribution in [0.15, 0.2) is 0 Å². The Balaban J connectivity index is 2.24. The molecule has 1 rings (SSSR count). The molecule has 0 aromatic carbocycles. The average Bonchev–Trinajstić information content (AvgIpc) is 2.18. The molecule has 0 aromatic heterocycles. The van der Waals surface area contributed by atoms with E-state index < -0.39 is 0 Å². The average molecular weight is 240 g/mol. The van der Waals surface area contributed by atoms with E-state index in [9.17, 15) is 4.79 Å². The Kier molecular flexibility index (Phi) is 5.29. The quantitative estimate of drug-likeness (QED) is 0.779. The summed E-state index contributed by atoms with van der Waals surface area (Å²) >= 11 is 0. The topological polar surface area (TPSA) is 41.1 Å². The van der Waals surface area contributed by atoms with Gasteiger partial charge in [0.1, 0.15) is 0 Å². The lowest BCUT2D eigenvalue weighted by Crippen LogP contribution is -2.50. The lowest BCUT2D eigenvalue weighted by atomic mass is 9.83. The zero-order valence-corrected chi connectivity index (χ0v) is 11.8. The molecule has 1 aliphatic carbocycles. The Morgan fingerprint density at radius 3 is 2.24 bits per heavy atom. The van der Waals surface area contributed by atoms with Crippen molar-refractivity contribution in [2.75, 3.05) is 0 Å². The molecule has 0 radical (unpaired) electrons. The predicted molar refractivity (Wildman–Crippen MR) is 72.1 cm³/mol. The molecule has 0 saturated heterocycles. The zero-order valence-electron chi connectivity index (χ0n) is 11.8. The van der Waals surface area contributed by atoms with Crippen molar-refractivity contribution in [1.82, 2.24) is 10.6 Å². The van der Waals surface area contributed by atoms with Gasteiger partial charge in [0.05, 0.1) is 0 Å². The summed E-state index contributed by atoms with van der Waals surface area (Å²) in [5.74, 6) is 0.892. The van der Waals surface area contributed by atoms with Crippen LogP contribution in [0.3, 0.4) is 0 Å². The first-order valence-electron chi connectivity index (χ1n) is 6.99. The van der Waals surface area contributed by atoms with E-state index in [1.54, 1.807) is 0 Å². The second-order valence-electron chi connectivity index (χ2n) is 6.35. The zero-order chi connectivity index (χ0) is 12.9. The van der Waals surface area contributed by atoms with Gasteiger partial charge in [-0.2, -0.15) is 0 Å². The largest absolute Gasteiger partial charge is 0.335 e. The minimum absolute atomic E-state index is 0.0172. The van der Waals surface area contributed by atoms with E-state index in [2.05, 4.69) is 17.6 Å². The second kappa shape index (κ2) is 6.27. The fourth-order valence-electron chi connectivity index (χ4n) is 2.57. The van der Waals surface area contributed by atoms with E-state index in [1.807, 2.05) is 20.8 Å². The molecule has 1 aliphatic rings. The summed E-state index contributed by atoms with van der Waals surface area (Å²) in [7, 11) is 0. The molecule has 2 amide bonds. The maximum Gasteiger partial charge on any atom is 0.315 e. The monoisotopic (exact) mass is 240 g/mol. The second-order valence-corrected chi connectivity index (χ2v) is 6.35. The summed E-state index contributed by atoms with van der Waals surface area (Å²) in [5.41, 5.74) is -0.149. The van der Waals surface area contributed by atoms with Crippen molar-refractivity contribution in [2.45, 2.75) is 77.8 Å². The van der Waals surface area contributed by atoms with Crippen LogP contribution >= 0.6 is 0 Å². The van der Waals surface area contributed by atoms with Crippen LogP contribution in [0.5, 0.6) is 0 Å². The number of nitrogens with one attached hydrogen (secondary N) is 2. The summed E-state index contributed by atoms with van der Waals surface area (Å²) in [5, 5.41) is 6.04. The molecule has 0 aliphatic heterocycles. The number of urea groups is 1. The third-order valence-electron chi connectivity index (χ3n) is 3.37. The summed E-state index contributed by atoms with van der Waals surface area (Å²) in [6.45, 7) is 8.27. The van der Waals surface area contributed by atoms with Gasteiger partial charge >= 0.3 is 6.03 Å². The smallest absolute Gasteiger partial charge is 0.315 e. The molecule has 0 heterocycles. The maximum atomic E-state index is 11.7. The number of hydrogen-bond acceptors (Lipinski definition) is 1. The van der Waals surface area contributed by atoms with Gasteiger partial charge in [0.15, 0.2) is 0 Å². The van der Waals surface area contributed by atoms with E-state index >= 15 is 0 Å². The molecular formula is C14H28N2O. The van der Waals surface area contributed by atoms with Crippen LogP contribution in [0, 0.1) is 5.92 Å². The molecule has 1 saturated carbocycles. The highest BCUT2D eigenvalue weighted by Crippen LogP contribution is 2.27. The first-order chi connectivity index (χ1) is 7.90. The third kappa shape index (κ3) is 5.94. The van der Waals surface area contributed by atoms with Crippen molar-refractivity contribution < 1.29 is 4.79 Å². The normalized spacial score (nSPS) is 25.4. The predicted octanol–water partition coefficient (Wildman–Crippen LogP) is 3.44. The van der Waals surface area contributed by atoms with Crippen molar-refractivity contribution in [3.63, 3.8) is 0 Å². The lowest BCUT2D eigenvalue weighted by Gasteiger charge is -2.30. The van der Waals surface area contributed by atoms with Crippen LogP contribution in [0.1, 0.15) is 66.2 Å². The van der Waals surface area contributed by atoms with Gasteiger partial charge in [-0.05, 0) is 52.4 Å². The molecule has 0 atom stereocenters. The first-order valence-corrected chi connectivity index (χ1v) is 6.99. The van der Waals surface area contributed by atoms with Crippen LogP contribution in [0.2, 0.25) is 0 Å². The van der Waals surface area contributed by atoms with Gasteiger partial charge in [-0.3, -0.25) is 0 Å². The van der Waals surface area contributed by atoms with Gasteiger partial charge in [0.2, 0.25) is 0 Å². The van der Waals surface area contributed by atoms with Crippen molar-refractivity contribution in [1.29, 1.82) is 0 Å². The molecule has 17 heavy (non-hydrogen) atoms. The molecule has 3 nitrogen and oxygen atoms in total. The molecule has 0 bridgehead atoms. The Morgan fingerprint density at radius 2 is 1.76 bits per heavy atom. The fraction of sp³-hybridized carbons (Fsp3) is 0.929. The van der Waals surface area contributed by atoms with Crippen molar-refractivity contribution >= 4 is 6.03 Å². The molecule has 1 fully saturated rings. The number of carbonyl (C=O) groups excluding carboxylic acids is 1. The highest BCUT2D eigenvalue weighted by Gasteiger charge is 2.23. The van der Waals surface area contributed by atoms with E-state index in [1.165, 1.54) is 25.7 Å². The van der Waals surface area contributed by atoms with Crippen molar-refractivity contribution in [3.8, 4) is 0 Å². The van der Waals surface area contributed by atoms with E-state index in [-0.39, 0.29) is 11.6 Å². The van der Waals surface area contributed by atoms with Crippen LogP contribution in [0.25, 0.3) is 0 Å². The Morgan fingerprint density at radius 1 is 1.18 bits per heavy atom. The van der Waals surface area contributed by atoms with Gasteiger partial charge in [-0.1, -0.05) is 19.8 Å². The third-order valence-corrected chi connectivity index (χ3v) is 3.37. The highest BCUT2D eigenvalue weighted by atomic mass is 16.2. The van der Waals surface area contributed by atoms with Crippen LogP contribution in [-0.4, -0.2) is 17.6 Å². The molecule has 0 aromatic rings. The summed E-state index contributed by atoms with van der Waals surface area (Å²) in [4.78, 5) is 11.7. The summed E-state index contributed by atoms with van der Waals surface area (Å²) in [6, 6.07) is 0.363. The SMILES string of the molecule is CCCC1CCC(NC(=O)NC(C)(C)C)CC1. The molecule has 0 spiro atoms. The lowest BCUT2D eigenvalue weighted by molar-refractivity contribution is 0.217. The van der Waals surface area contributed by atoms with Gasteiger partial charge in [-0.15, -0.1) is 0 Å². The minimum Gasteiger partial charge on any atom is -0.335 e. The van der Waals surface area contributed by atoms with Gasteiger partial charge in [0.25, 0.3) is 0 Å². The number of carbonyl (C=O) groups is 1. The molecule has 0 unspecified atom stereocenters. The van der Waals surface area contributed by atoms with E-state index in [0.717, 1.165) is 18.8 Å². The molecule has 100 valence electrons.